The van der Waals surface area contributed by atoms with E-state index in [9.17, 15) is 4.39 Å². The Kier molecular flexibility index (Phi) is 4.15. The van der Waals surface area contributed by atoms with Gasteiger partial charge in [-0.2, -0.15) is 0 Å². The van der Waals surface area contributed by atoms with Crippen molar-refractivity contribution in [3.8, 4) is 0 Å². The summed E-state index contributed by atoms with van der Waals surface area (Å²) in [6.07, 6.45) is 0.748. The third-order valence-corrected chi connectivity index (χ3v) is 3.51. The van der Waals surface area contributed by atoms with Gasteiger partial charge in [0, 0.05) is 10.5 Å². The second-order valence-electron chi connectivity index (χ2n) is 4.45. The van der Waals surface area contributed by atoms with E-state index in [0.29, 0.717) is 5.56 Å². The fourth-order valence-electron chi connectivity index (χ4n) is 1.89. The lowest BCUT2D eigenvalue weighted by molar-refractivity contribution is 0.615. The average Bonchev–Trinajstić information content (AvgIpc) is 2.35. The molecule has 3 heteroatoms. The van der Waals surface area contributed by atoms with Gasteiger partial charge in [-0.1, -0.05) is 40.2 Å². The molecule has 2 aromatic carbocycles. The van der Waals surface area contributed by atoms with Crippen molar-refractivity contribution in [2.45, 2.75) is 19.4 Å². The van der Waals surface area contributed by atoms with Crippen LogP contribution in [0.1, 0.15) is 22.7 Å². The van der Waals surface area contributed by atoms with E-state index < -0.39 is 0 Å². The average molecular weight is 308 g/mol. The summed E-state index contributed by atoms with van der Waals surface area (Å²) in [4.78, 5) is 0. The van der Waals surface area contributed by atoms with Crippen LogP contribution < -0.4 is 5.73 Å². The molecule has 0 heterocycles. The maximum atomic E-state index is 13.2. The van der Waals surface area contributed by atoms with Gasteiger partial charge in [-0.25, -0.2) is 4.39 Å². The molecular formula is C15H15BrFN. The molecule has 0 radical (unpaired) electrons. The van der Waals surface area contributed by atoms with E-state index in [2.05, 4.69) is 15.9 Å². The maximum absolute atomic E-state index is 13.2. The Hall–Kier alpha value is -1.19. The highest BCUT2D eigenvalue weighted by molar-refractivity contribution is 9.10. The van der Waals surface area contributed by atoms with Crippen LogP contribution in [0.5, 0.6) is 0 Å². The zero-order chi connectivity index (χ0) is 13.1. The van der Waals surface area contributed by atoms with E-state index in [-0.39, 0.29) is 11.9 Å². The molecular weight excluding hydrogens is 293 g/mol. The lowest BCUT2D eigenvalue weighted by atomic mass is 9.98. The Morgan fingerprint density at radius 3 is 2.44 bits per heavy atom. The standard InChI is InChI=1S/C15H15BrFN/c1-10-8-12(4-7-14(10)17)15(18)9-11-2-5-13(16)6-3-11/h2-8,15H,9,18H2,1H3. The first-order valence-corrected chi connectivity index (χ1v) is 6.61. The summed E-state index contributed by atoms with van der Waals surface area (Å²) < 4.78 is 14.2. The Morgan fingerprint density at radius 1 is 1.17 bits per heavy atom. The molecule has 0 bridgehead atoms. The summed E-state index contributed by atoms with van der Waals surface area (Å²) >= 11 is 3.40. The van der Waals surface area contributed by atoms with E-state index in [1.807, 2.05) is 30.3 Å². The molecule has 2 rings (SSSR count). The van der Waals surface area contributed by atoms with E-state index in [1.165, 1.54) is 11.6 Å². The minimum Gasteiger partial charge on any atom is -0.324 e. The Balaban J connectivity index is 2.13. The number of rotatable bonds is 3. The van der Waals surface area contributed by atoms with Crippen LogP contribution in [0.15, 0.2) is 46.9 Å². The largest absolute Gasteiger partial charge is 0.324 e. The molecule has 0 aliphatic carbocycles. The van der Waals surface area contributed by atoms with Gasteiger partial charge < -0.3 is 5.73 Å². The van der Waals surface area contributed by atoms with Crippen molar-refractivity contribution in [3.05, 3.63) is 69.4 Å². The first-order chi connectivity index (χ1) is 8.56. The van der Waals surface area contributed by atoms with Crippen LogP contribution in [0.25, 0.3) is 0 Å². The maximum Gasteiger partial charge on any atom is 0.126 e. The van der Waals surface area contributed by atoms with E-state index in [4.69, 9.17) is 5.73 Å². The predicted octanol–water partition coefficient (Wildman–Crippen LogP) is 4.14. The fraction of sp³-hybridized carbons (Fsp3) is 0.200. The van der Waals surface area contributed by atoms with Gasteiger partial charge in [0.05, 0.1) is 0 Å². The monoisotopic (exact) mass is 307 g/mol. The second-order valence-corrected chi connectivity index (χ2v) is 5.36. The Morgan fingerprint density at radius 2 is 1.83 bits per heavy atom. The number of nitrogens with two attached hydrogens (primary N) is 1. The third kappa shape index (κ3) is 3.18. The summed E-state index contributed by atoms with van der Waals surface area (Å²) in [6, 6.07) is 13.0. The molecule has 18 heavy (non-hydrogen) atoms. The quantitative estimate of drug-likeness (QED) is 0.906. The van der Waals surface area contributed by atoms with Gasteiger partial charge in [0.2, 0.25) is 0 Å². The summed E-state index contributed by atoms with van der Waals surface area (Å²) in [5.74, 6) is -0.186. The minimum atomic E-state index is -0.186. The number of halogens is 2. The number of aryl methyl sites for hydroxylation is 1. The molecule has 0 saturated heterocycles. The molecule has 2 N–H and O–H groups in total. The van der Waals surface area contributed by atoms with Crippen LogP contribution in [0, 0.1) is 12.7 Å². The van der Waals surface area contributed by atoms with Crippen LogP contribution in [0.4, 0.5) is 4.39 Å². The van der Waals surface area contributed by atoms with Crippen LogP contribution in [-0.2, 0) is 6.42 Å². The normalized spacial score (nSPS) is 12.4. The van der Waals surface area contributed by atoms with E-state index in [1.54, 1.807) is 13.0 Å². The topological polar surface area (TPSA) is 26.0 Å². The zero-order valence-corrected chi connectivity index (χ0v) is 11.7. The lowest BCUT2D eigenvalue weighted by Gasteiger charge is -2.13. The molecule has 0 aliphatic heterocycles. The van der Waals surface area contributed by atoms with Crippen LogP contribution in [0.3, 0.4) is 0 Å². The predicted molar refractivity (Wildman–Crippen MR) is 75.9 cm³/mol. The van der Waals surface area contributed by atoms with Gasteiger partial charge in [0.25, 0.3) is 0 Å². The van der Waals surface area contributed by atoms with Gasteiger partial charge >= 0.3 is 0 Å². The summed E-state index contributed by atoms with van der Waals surface area (Å²) in [7, 11) is 0. The van der Waals surface area contributed by atoms with Gasteiger partial charge in [-0.05, 0) is 48.2 Å². The van der Waals surface area contributed by atoms with Crippen molar-refractivity contribution in [3.63, 3.8) is 0 Å². The van der Waals surface area contributed by atoms with Gasteiger partial charge in [0.1, 0.15) is 5.82 Å². The smallest absolute Gasteiger partial charge is 0.126 e. The zero-order valence-electron chi connectivity index (χ0n) is 10.2. The molecule has 2 aromatic rings. The number of benzene rings is 2. The summed E-state index contributed by atoms with van der Waals surface area (Å²) in [5, 5.41) is 0. The van der Waals surface area contributed by atoms with Gasteiger partial charge in [0.15, 0.2) is 0 Å². The molecule has 0 spiro atoms. The van der Waals surface area contributed by atoms with Crippen molar-refractivity contribution >= 4 is 15.9 Å². The van der Waals surface area contributed by atoms with Crippen molar-refractivity contribution in [2.24, 2.45) is 5.73 Å². The highest BCUT2D eigenvalue weighted by Gasteiger charge is 2.08. The van der Waals surface area contributed by atoms with E-state index >= 15 is 0 Å². The lowest BCUT2D eigenvalue weighted by Crippen LogP contribution is -2.13. The number of hydrogen-bond donors (Lipinski definition) is 1. The van der Waals surface area contributed by atoms with Crippen molar-refractivity contribution in [2.75, 3.05) is 0 Å². The van der Waals surface area contributed by atoms with Crippen LogP contribution >= 0.6 is 15.9 Å². The summed E-state index contributed by atoms with van der Waals surface area (Å²) in [6.45, 7) is 1.76. The van der Waals surface area contributed by atoms with E-state index in [0.717, 1.165) is 16.5 Å². The first kappa shape index (κ1) is 13.2. The Bertz CT molecular complexity index is 537. The highest BCUT2D eigenvalue weighted by Crippen LogP contribution is 2.20. The number of hydrogen-bond acceptors (Lipinski definition) is 1. The van der Waals surface area contributed by atoms with Crippen molar-refractivity contribution < 1.29 is 4.39 Å². The molecule has 0 amide bonds. The molecule has 1 nitrogen and oxygen atoms in total. The van der Waals surface area contributed by atoms with Gasteiger partial charge in [-0.15, -0.1) is 0 Å². The summed E-state index contributed by atoms with van der Waals surface area (Å²) in [5.41, 5.74) is 8.93. The third-order valence-electron chi connectivity index (χ3n) is 2.98. The fourth-order valence-corrected chi connectivity index (χ4v) is 2.16. The van der Waals surface area contributed by atoms with Crippen LogP contribution in [-0.4, -0.2) is 0 Å². The molecule has 1 atom stereocenters. The van der Waals surface area contributed by atoms with Crippen molar-refractivity contribution in [1.29, 1.82) is 0 Å². The highest BCUT2D eigenvalue weighted by atomic mass is 79.9. The molecule has 0 aliphatic rings. The molecule has 0 fully saturated rings. The SMILES string of the molecule is Cc1cc(C(N)Cc2ccc(Br)cc2)ccc1F. The molecule has 0 aromatic heterocycles. The van der Waals surface area contributed by atoms with Gasteiger partial charge in [-0.3, -0.25) is 0 Å². The second kappa shape index (κ2) is 5.63. The molecule has 94 valence electrons. The Labute approximate surface area is 115 Å². The molecule has 1 unspecified atom stereocenters. The molecule has 0 saturated carbocycles. The van der Waals surface area contributed by atoms with Crippen LogP contribution in [0.2, 0.25) is 0 Å². The first-order valence-electron chi connectivity index (χ1n) is 5.82. The van der Waals surface area contributed by atoms with Crippen molar-refractivity contribution in [1.82, 2.24) is 0 Å². The minimum absolute atomic E-state index is 0.106.